The Hall–Kier alpha value is -1.00. The first-order chi connectivity index (χ1) is 8.03. The van der Waals surface area contributed by atoms with Gasteiger partial charge in [0.15, 0.2) is 0 Å². The lowest BCUT2D eigenvalue weighted by atomic mass is 10.1. The minimum absolute atomic E-state index is 0.0371. The van der Waals surface area contributed by atoms with Crippen LogP contribution in [-0.2, 0) is 10.5 Å². The molecular weight excluding hydrogens is 234 g/mol. The van der Waals surface area contributed by atoms with Crippen LogP contribution in [0.15, 0.2) is 30.3 Å². The Balaban J connectivity index is 2.25. The zero-order valence-electron chi connectivity index (χ0n) is 10.3. The monoisotopic (exact) mass is 253 g/mol. The molecule has 1 aromatic carbocycles. The molecule has 0 spiro atoms. The summed E-state index contributed by atoms with van der Waals surface area (Å²) in [5.41, 5.74) is 0.677. The number of amides is 1. The lowest BCUT2D eigenvalue weighted by Gasteiger charge is -2.23. The first kappa shape index (κ1) is 14.1. The van der Waals surface area contributed by atoms with Crippen LogP contribution in [0.25, 0.3) is 0 Å². The zero-order chi connectivity index (χ0) is 12.7. The van der Waals surface area contributed by atoms with E-state index in [0.717, 1.165) is 5.75 Å². The lowest BCUT2D eigenvalue weighted by molar-refractivity contribution is -0.120. The first-order valence-electron chi connectivity index (χ1n) is 5.57. The Bertz CT molecular complexity index is 352. The Morgan fingerprint density at radius 2 is 2.00 bits per heavy atom. The van der Waals surface area contributed by atoms with E-state index in [4.69, 9.17) is 5.11 Å². The molecule has 0 aromatic heterocycles. The van der Waals surface area contributed by atoms with Crippen molar-refractivity contribution in [2.24, 2.45) is 0 Å². The van der Waals surface area contributed by atoms with Crippen LogP contribution < -0.4 is 5.32 Å². The molecule has 0 saturated carbocycles. The third-order valence-corrected chi connectivity index (χ3v) is 3.22. The van der Waals surface area contributed by atoms with Crippen molar-refractivity contribution < 1.29 is 9.90 Å². The van der Waals surface area contributed by atoms with E-state index < -0.39 is 5.54 Å². The topological polar surface area (TPSA) is 49.3 Å². The third-order valence-electron chi connectivity index (χ3n) is 2.22. The highest BCUT2D eigenvalue weighted by Crippen LogP contribution is 2.11. The van der Waals surface area contributed by atoms with Crippen LogP contribution in [0, 0.1) is 0 Å². The summed E-state index contributed by atoms with van der Waals surface area (Å²) < 4.78 is 0. The molecule has 0 fully saturated rings. The number of nitrogens with one attached hydrogen (secondary N) is 1. The van der Waals surface area contributed by atoms with Crippen molar-refractivity contribution in [3.05, 3.63) is 35.9 Å². The minimum Gasteiger partial charge on any atom is -0.394 e. The summed E-state index contributed by atoms with van der Waals surface area (Å²) in [6, 6.07) is 10.0. The number of carbonyl (C=O) groups excluding carboxylic acids is 1. The van der Waals surface area contributed by atoms with Gasteiger partial charge in [-0.2, -0.15) is 0 Å². The second kappa shape index (κ2) is 6.67. The fourth-order valence-electron chi connectivity index (χ4n) is 1.29. The van der Waals surface area contributed by atoms with Gasteiger partial charge in [0.05, 0.1) is 17.9 Å². The van der Waals surface area contributed by atoms with E-state index >= 15 is 0 Å². The quantitative estimate of drug-likeness (QED) is 0.813. The normalized spacial score (nSPS) is 11.2. The number of aliphatic hydroxyl groups is 1. The van der Waals surface area contributed by atoms with E-state index in [1.165, 1.54) is 5.56 Å². The molecule has 3 nitrogen and oxygen atoms in total. The van der Waals surface area contributed by atoms with Crippen LogP contribution in [-0.4, -0.2) is 28.9 Å². The van der Waals surface area contributed by atoms with Gasteiger partial charge in [0, 0.05) is 5.75 Å². The van der Waals surface area contributed by atoms with Gasteiger partial charge in [-0.3, -0.25) is 4.79 Å². The van der Waals surface area contributed by atoms with Gasteiger partial charge in [-0.05, 0) is 19.4 Å². The predicted octanol–water partition coefficient (Wildman–Crippen LogP) is 1.81. The van der Waals surface area contributed by atoms with Gasteiger partial charge in [-0.15, -0.1) is 11.8 Å². The first-order valence-corrected chi connectivity index (χ1v) is 6.72. The van der Waals surface area contributed by atoms with Crippen molar-refractivity contribution in [2.75, 3.05) is 12.4 Å². The predicted molar refractivity (Wildman–Crippen MR) is 71.9 cm³/mol. The molecule has 4 heteroatoms. The molecule has 17 heavy (non-hydrogen) atoms. The van der Waals surface area contributed by atoms with E-state index in [1.807, 2.05) is 30.3 Å². The number of thioether (sulfide) groups is 1. The molecule has 1 rings (SSSR count). The van der Waals surface area contributed by atoms with Gasteiger partial charge >= 0.3 is 0 Å². The fraction of sp³-hybridized carbons (Fsp3) is 0.462. The maximum atomic E-state index is 11.6. The van der Waals surface area contributed by atoms with Crippen molar-refractivity contribution in [3.8, 4) is 0 Å². The molecule has 0 saturated heterocycles. The van der Waals surface area contributed by atoms with E-state index in [1.54, 1.807) is 25.6 Å². The lowest BCUT2D eigenvalue weighted by Crippen LogP contribution is -2.47. The highest BCUT2D eigenvalue weighted by Gasteiger charge is 2.18. The maximum Gasteiger partial charge on any atom is 0.230 e. The molecular formula is C13H19NO2S. The minimum atomic E-state index is -0.537. The van der Waals surface area contributed by atoms with Crippen molar-refractivity contribution in [3.63, 3.8) is 0 Å². The number of hydrogen-bond acceptors (Lipinski definition) is 3. The SMILES string of the molecule is CC(C)(CO)NC(=O)CSCc1ccccc1. The summed E-state index contributed by atoms with van der Waals surface area (Å²) in [5, 5.41) is 11.8. The molecule has 1 aromatic rings. The van der Waals surface area contributed by atoms with Gasteiger partial charge in [0.2, 0.25) is 5.91 Å². The van der Waals surface area contributed by atoms with Gasteiger partial charge in [0.25, 0.3) is 0 Å². The van der Waals surface area contributed by atoms with Gasteiger partial charge in [-0.25, -0.2) is 0 Å². The number of rotatable bonds is 6. The average Bonchev–Trinajstić information content (AvgIpc) is 2.30. The zero-order valence-corrected chi connectivity index (χ0v) is 11.1. The molecule has 0 heterocycles. The Morgan fingerprint density at radius 3 is 2.59 bits per heavy atom. The van der Waals surface area contributed by atoms with Gasteiger partial charge < -0.3 is 10.4 Å². The number of carbonyl (C=O) groups is 1. The third kappa shape index (κ3) is 5.75. The van der Waals surface area contributed by atoms with Crippen molar-refractivity contribution >= 4 is 17.7 Å². The summed E-state index contributed by atoms with van der Waals surface area (Å²) in [5.74, 6) is 1.21. The summed E-state index contributed by atoms with van der Waals surface area (Å²) in [6.45, 7) is 3.54. The Kier molecular flexibility index (Phi) is 5.51. The van der Waals surface area contributed by atoms with Crippen molar-refractivity contribution in [2.45, 2.75) is 25.1 Å². The molecule has 2 N–H and O–H groups in total. The van der Waals surface area contributed by atoms with E-state index in [9.17, 15) is 4.79 Å². The van der Waals surface area contributed by atoms with Crippen molar-refractivity contribution in [1.29, 1.82) is 0 Å². The largest absolute Gasteiger partial charge is 0.394 e. The molecule has 0 atom stereocenters. The van der Waals surface area contributed by atoms with Gasteiger partial charge in [-0.1, -0.05) is 30.3 Å². The summed E-state index contributed by atoms with van der Waals surface area (Å²) in [7, 11) is 0. The number of hydrogen-bond donors (Lipinski definition) is 2. The van der Waals surface area contributed by atoms with Crippen LogP contribution in [0.3, 0.4) is 0 Å². The molecule has 0 radical (unpaired) electrons. The van der Waals surface area contributed by atoms with E-state index in [0.29, 0.717) is 5.75 Å². The second-order valence-corrected chi connectivity index (χ2v) is 5.55. The van der Waals surface area contributed by atoms with Crippen molar-refractivity contribution in [1.82, 2.24) is 5.32 Å². The molecule has 0 aliphatic rings. The molecule has 1 amide bonds. The highest BCUT2D eigenvalue weighted by molar-refractivity contribution is 7.99. The van der Waals surface area contributed by atoms with Gasteiger partial charge in [0.1, 0.15) is 0 Å². The number of aliphatic hydroxyl groups excluding tert-OH is 1. The number of benzene rings is 1. The smallest absolute Gasteiger partial charge is 0.230 e. The summed E-state index contributed by atoms with van der Waals surface area (Å²) in [6.07, 6.45) is 0. The Labute approximate surface area is 107 Å². The molecule has 0 aliphatic heterocycles. The average molecular weight is 253 g/mol. The Morgan fingerprint density at radius 1 is 1.35 bits per heavy atom. The van der Waals surface area contributed by atoms with Crippen LogP contribution in [0.4, 0.5) is 0 Å². The molecule has 0 unspecified atom stereocenters. The second-order valence-electron chi connectivity index (χ2n) is 4.57. The van der Waals surface area contributed by atoms with Crippen LogP contribution in [0.1, 0.15) is 19.4 Å². The maximum absolute atomic E-state index is 11.6. The van der Waals surface area contributed by atoms with Crippen LogP contribution in [0.2, 0.25) is 0 Å². The summed E-state index contributed by atoms with van der Waals surface area (Å²) in [4.78, 5) is 11.6. The summed E-state index contributed by atoms with van der Waals surface area (Å²) >= 11 is 1.57. The van der Waals surface area contributed by atoms with E-state index in [-0.39, 0.29) is 12.5 Å². The molecule has 0 bridgehead atoms. The standard InChI is InChI=1S/C13H19NO2S/c1-13(2,10-15)14-12(16)9-17-8-11-6-4-3-5-7-11/h3-7,15H,8-10H2,1-2H3,(H,14,16). The fourth-order valence-corrected chi connectivity index (χ4v) is 2.08. The molecule has 94 valence electrons. The van der Waals surface area contributed by atoms with Crippen LogP contribution in [0.5, 0.6) is 0 Å². The highest BCUT2D eigenvalue weighted by atomic mass is 32.2. The molecule has 0 aliphatic carbocycles. The van der Waals surface area contributed by atoms with E-state index in [2.05, 4.69) is 5.32 Å². The van der Waals surface area contributed by atoms with Crippen LogP contribution >= 0.6 is 11.8 Å².